The minimum atomic E-state index is -4.24. The number of rotatable bonds is 8. The third kappa shape index (κ3) is 5.69. The Balaban J connectivity index is 1.92. The largest absolute Gasteiger partial charge is 0.390 e. The first-order valence-corrected chi connectivity index (χ1v) is 15.4. The summed E-state index contributed by atoms with van der Waals surface area (Å²) in [7, 11) is -11.8. The van der Waals surface area contributed by atoms with Crippen LogP contribution in [0.1, 0.15) is 22.3 Å². The van der Waals surface area contributed by atoms with E-state index in [9.17, 15) is 30.4 Å². The van der Waals surface area contributed by atoms with Crippen LogP contribution in [0.15, 0.2) is 46.2 Å². The number of nitrogens with one attached hydrogen (secondary N) is 1. The lowest BCUT2D eigenvalue weighted by atomic mass is 10.2. The predicted molar refractivity (Wildman–Crippen MR) is 129 cm³/mol. The van der Waals surface area contributed by atoms with Crippen LogP contribution < -0.4 is 4.72 Å². The van der Waals surface area contributed by atoms with Crippen molar-refractivity contribution in [3.05, 3.63) is 58.7 Å². The van der Waals surface area contributed by atoms with Crippen LogP contribution in [-0.4, -0.2) is 71.4 Å². The highest BCUT2D eigenvalue weighted by atomic mass is 32.2. The van der Waals surface area contributed by atoms with E-state index in [0.717, 1.165) is 15.4 Å². The Morgan fingerprint density at radius 2 is 1.44 bits per heavy atom. The van der Waals surface area contributed by atoms with Gasteiger partial charge in [-0.1, -0.05) is 35.4 Å². The molecule has 1 heterocycles. The minimum Gasteiger partial charge on any atom is -0.390 e. The van der Waals surface area contributed by atoms with Crippen LogP contribution in [-0.2, 0) is 29.9 Å². The van der Waals surface area contributed by atoms with Crippen LogP contribution in [0.2, 0.25) is 0 Å². The van der Waals surface area contributed by atoms with Gasteiger partial charge in [0.15, 0.2) is 9.84 Å². The van der Waals surface area contributed by atoms with Crippen molar-refractivity contribution in [2.24, 2.45) is 0 Å². The van der Waals surface area contributed by atoms with Gasteiger partial charge in [-0.3, -0.25) is 0 Å². The van der Waals surface area contributed by atoms with Gasteiger partial charge in [-0.05, 0) is 51.0 Å². The van der Waals surface area contributed by atoms with E-state index >= 15 is 0 Å². The van der Waals surface area contributed by atoms with E-state index in [-0.39, 0.29) is 22.9 Å². The van der Waals surface area contributed by atoms with Crippen LogP contribution >= 0.6 is 0 Å². The first-order chi connectivity index (χ1) is 15.6. The molecular weight excluding hydrogens is 500 g/mol. The van der Waals surface area contributed by atoms with Crippen molar-refractivity contribution in [2.75, 3.05) is 24.6 Å². The standard InChI is InChI=1S/C22H30N2O7S3/c1-15-5-7-21(17(3)11-15)33(28,29)23-9-10-24(19-13-32(26,27)14-20(19)25)34(30,31)22-8-6-16(2)12-18(22)4/h5-8,11-12,19-20,23,25H,9-10,13-14H2,1-4H3/t19-,20-/m1/s1. The Labute approximate surface area is 201 Å². The van der Waals surface area contributed by atoms with Crippen molar-refractivity contribution in [1.29, 1.82) is 0 Å². The normalized spacial score (nSPS) is 20.6. The van der Waals surface area contributed by atoms with E-state index in [1.807, 2.05) is 13.8 Å². The van der Waals surface area contributed by atoms with E-state index in [0.29, 0.717) is 11.1 Å². The Kier molecular flexibility index (Phi) is 7.61. The number of aliphatic hydroxyl groups excluding tert-OH is 1. The first kappa shape index (κ1) is 26.8. The molecule has 0 saturated carbocycles. The zero-order valence-corrected chi connectivity index (χ0v) is 22.0. The second-order valence-electron chi connectivity index (χ2n) is 8.76. The zero-order valence-electron chi connectivity index (χ0n) is 19.5. The number of hydrogen-bond donors (Lipinski definition) is 2. The van der Waals surface area contributed by atoms with Crippen molar-refractivity contribution in [3.8, 4) is 0 Å². The molecule has 12 heteroatoms. The highest BCUT2D eigenvalue weighted by Gasteiger charge is 2.45. The van der Waals surface area contributed by atoms with E-state index in [1.165, 1.54) is 12.1 Å². The van der Waals surface area contributed by atoms with Gasteiger partial charge in [-0.15, -0.1) is 0 Å². The van der Waals surface area contributed by atoms with E-state index in [1.54, 1.807) is 38.1 Å². The van der Waals surface area contributed by atoms with Gasteiger partial charge in [0.1, 0.15) is 0 Å². The van der Waals surface area contributed by atoms with Crippen molar-refractivity contribution >= 4 is 29.9 Å². The maximum absolute atomic E-state index is 13.6. The molecule has 34 heavy (non-hydrogen) atoms. The Bertz CT molecular complexity index is 1400. The maximum atomic E-state index is 13.6. The summed E-state index contributed by atoms with van der Waals surface area (Å²) in [5, 5.41) is 10.4. The number of nitrogens with zero attached hydrogens (tertiary/aromatic N) is 1. The van der Waals surface area contributed by atoms with Crippen molar-refractivity contribution in [2.45, 2.75) is 49.6 Å². The summed E-state index contributed by atoms with van der Waals surface area (Å²) in [6.07, 6.45) is -1.42. The summed E-state index contributed by atoms with van der Waals surface area (Å²) < 4.78 is 80.3. The smallest absolute Gasteiger partial charge is 0.243 e. The van der Waals surface area contributed by atoms with Gasteiger partial charge < -0.3 is 5.11 Å². The van der Waals surface area contributed by atoms with E-state index < -0.39 is 53.5 Å². The molecule has 1 aliphatic rings. The molecule has 2 aromatic rings. The molecule has 1 saturated heterocycles. The highest BCUT2D eigenvalue weighted by Crippen LogP contribution is 2.27. The summed E-state index contributed by atoms with van der Waals surface area (Å²) in [6.45, 7) is 6.30. The van der Waals surface area contributed by atoms with Crippen LogP contribution in [0, 0.1) is 27.7 Å². The molecule has 0 aliphatic carbocycles. The zero-order chi connectivity index (χ0) is 25.5. The number of aryl methyl sites for hydroxylation is 4. The third-order valence-electron chi connectivity index (χ3n) is 5.82. The minimum absolute atomic E-state index is 0.0214. The van der Waals surface area contributed by atoms with E-state index in [4.69, 9.17) is 0 Å². The molecule has 0 bridgehead atoms. The van der Waals surface area contributed by atoms with Crippen LogP contribution in [0.25, 0.3) is 0 Å². The molecule has 2 N–H and O–H groups in total. The monoisotopic (exact) mass is 530 g/mol. The molecule has 0 aromatic heterocycles. The Hall–Kier alpha value is -1.83. The summed E-state index contributed by atoms with van der Waals surface area (Å²) in [4.78, 5) is 0.0530. The lowest BCUT2D eigenvalue weighted by Crippen LogP contribution is -2.49. The number of sulfone groups is 1. The van der Waals surface area contributed by atoms with Crippen molar-refractivity contribution in [3.63, 3.8) is 0 Å². The van der Waals surface area contributed by atoms with Gasteiger partial charge in [0.25, 0.3) is 0 Å². The molecule has 0 unspecified atom stereocenters. The maximum Gasteiger partial charge on any atom is 0.243 e. The third-order valence-corrected chi connectivity index (χ3v) is 11.2. The highest BCUT2D eigenvalue weighted by molar-refractivity contribution is 7.92. The molecule has 1 fully saturated rings. The SMILES string of the molecule is Cc1ccc(S(=O)(=O)NCCN([C@@H]2CS(=O)(=O)C[C@H]2O)S(=O)(=O)c2ccc(C)cc2C)c(C)c1. The van der Waals surface area contributed by atoms with Gasteiger partial charge in [0, 0.05) is 13.1 Å². The second kappa shape index (κ2) is 9.67. The average Bonchev–Trinajstić information content (AvgIpc) is 2.96. The summed E-state index contributed by atoms with van der Waals surface area (Å²) in [6, 6.07) is 8.40. The number of hydrogen-bond acceptors (Lipinski definition) is 7. The molecule has 0 radical (unpaired) electrons. The van der Waals surface area contributed by atoms with Crippen molar-refractivity contribution < 1.29 is 30.4 Å². The van der Waals surface area contributed by atoms with Gasteiger partial charge >= 0.3 is 0 Å². The molecule has 3 rings (SSSR count). The summed E-state index contributed by atoms with van der Waals surface area (Å²) in [5.74, 6) is -1.09. The molecule has 0 spiro atoms. The number of aliphatic hydroxyl groups is 1. The molecule has 0 amide bonds. The molecular formula is C22H30N2O7S3. The van der Waals surface area contributed by atoms with Gasteiger partial charge in [0.05, 0.1) is 33.4 Å². The fourth-order valence-corrected chi connectivity index (χ4v) is 9.24. The summed E-state index contributed by atoms with van der Waals surface area (Å²) >= 11 is 0. The van der Waals surface area contributed by atoms with Crippen LogP contribution in [0.3, 0.4) is 0 Å². The van der Waals surface area contributed by atoms with Gasteiger partial charge in [-0.2, -0.15) is 4.31 Å². The fourth-order valence-electron chi connectivity index (χ4n) is 4.23. The lowest BCUT2D eigenvalue weighted by Gasteiger charge is -2.30. The average molecular weight is 531 g/mol. The summed E-state index contributed by atoms with van der Waals surface area (Å²) in [5.41, 5.74) is 2.77. The topological polar surface area (TPSA) is 138 Å². The molecule has 2 atom stereocenters. The van der Waals surface area contributed by atoms with Gasteiger partial charge in [0.2, 0.25) is 20.0 Å². The lowest BCUT2D eigenvalue weighted by molar-refractivity contribution is 0.128. The van der Waals surface area contributed by atoms with Crippen LogP contribution in [0.4, 0.5) is 0 Å². The van der Waals surface area contributed by atoms with Gasteiger partial charge in [-0.25, -0.2) is 30.0 Å². The number of sulfonamides is 2. The Morgan fingerprint density at radius 3 is 1.91 bits per heavy atom. The fraction of sp³-hybridized carbons (Fsp3) is 0.455. The number of benzene rings is 2. The first-order valence-electron chi connectivity index (χ1n) is 10.7. The van der Waals surface area contributed by atoms with Crippen LogP contribution in [0.5, 0.6) is 0 Å². The molecule has 9 nitrogen and oxygen atoms in total. The molecule has 2 aromatic carbocycles. The molecule has 1 aliphatic heterocycles. The Morgan fingerprint density at radius 1 is 0.912 bits per heavy atom. The van der Waals surface area contributed by atoms with E-state index in [2.05, 4.69) is 4.72 Å². The predicted octanol–water partition coefficient (Wildman–Crippen LogP) is 1.05. The second-order valence-corrected chi connectivity index (χ2v) is 14.5. The molecule has 188 valence electrons. The quantitative estimate of drug-likeness (QED) is 0.520. The van der Waals surface area contributed by atoms with Crippen molar-refractivity contribution in [1.82, 2.24) is 9.03 Å².